The molecule has 0 aliphatic carbocycles. The number of hydrogen-bond donors (Lipinski definition) is 1. The van der Waals surface area contributed by atoms with Gasteiger partial charge in [0.1, 0.15) is 11.6 Å². The van der Waals surface area contributed by atoms with Gasteiger partial charge in [0.05, 0.1) is 11.6 Å². The lowest BCUT2D eigenvalue weighted by molar-refractivity contribution is 0.281. The molecule has 3 nitrogen and oxygen atoms in total. The molecule has 0 atom stereocenters. The topological polar surface area (TPSA) is 42.4 Å². The normalized spacial score (nSPS) is 10.3. The van der Waals surface area contributed by atoms with Crippen molar-refractivity contribution in [3.8, 4) is 11.6 Å². The third kappa shape index (κ3) is 2.93. The third-order valence-corrected chi connectivity index (χ3v) is 2.40. The Balaban J connectivity index is 2.22. The first-order chi connectivity index (χ1) is 8.19. The fourth-order valence-electron chi connectivity index (χ4n) is 1.27. The second-order valence-corrected chi connectivity index (χ2v) is 3.75. The van der Waals surface area contributed by atoms with Gasteiger partial charge in [-0.3, -0.25) is 0 Å². The summed E-state index contributed by atoms with van der Waals surface area (Å²) in [7, 11) is 0. The summed E-state index contributed by atoms with van der Waals surface area (Å²) in [6.07, 6.45) is 1.51. The van der Waals surface area contributed by atoms with E-state index in [-0.39, 0.29) is 11.6 Å². The molecule has 0 fully saturated rings. The maximum absolute atomic E-state index is 13.2. The molecule has 1 N–H and O–H groups in total. The average Bonchev–Trinajstić information content (AvgIpc) is 2.34. The molecule has 0 unspecified atom stereocenters. The summed E-state index contributed by atoms with van der Waals surface area (Å²) in [5.74, 6) is 0.0373. The molecule has 0 radical (unpaired) electrons. The minimum atomic E-state index is -0.553. The van der Waals surface area contributed by atoms with E-state index in [0.29, 0.717) is 17.2 Å². The summed E-state index contributed by atoms with van der Waals surface area (Å²) in [6, 6.07) is 7.36. The van der Waals surface area contributed by atoms with Crippen molar-refractivity contribution in [3.63, 3.8) is 0 Å². The van der Waals surface area contributed by atoms with Gasteiger partial charge in [0.2, 0.25) is 5.88 Å². The first-order valence-corrected chi connectivity index (χ1v) is 5.25. The van der Waals surface area contributed by atoms with Crippen LogP contribution >= 0.6 is 11.6 Å². The zero-order chi connectivity index (χ0) is 12.3. The van der Waals surface area contributed by atoms with Crippen LogP contribution in [0.1, 0.15) is 5.56 Å². The van der Waals surface area contributed by atoms with Crippen molar-refractivity contribution >= 4 is 11.6 Å². The van der Waals surface area contributed by atoms with Crippen LogP contribution in [0.2, 0.25) is 5.02 Å². The van der Waals surface area contributed by atoms with E-state index in [1.54, 1.807) is 18.2 Å². The van der Waals surface area contributed by atoms with Crippen molar-refractivity contribution in [2.45, 2.75) is 6.61 Å². The Labute approximate surface area is 102 Å². The van der Waals surface area contributed by atoms with Crippen LogP contribution < -0.4 is 4.74 Å². The first-order valence-electron chi connectivity index (χ1n) is 4.88. The maximum Gasteiger partial charge on any atom is 0.219 e. The first kappa shape index (κ1) is 11.8. The van der Waals surface area contributed by atoms with Crippen molar-refractivity contribution < 1.29 is 14.2 Å². The van der Waals surface area contributed by atoms with Crippen molar-refractivity contribution in [1.82, 2.24) is 4.98 Å². The lowest BCUT2D eigenvalue weighted by Crippen LogP contribution is -1.91. The van der Waals surface area contributed by atoms with E-state index >= 15 is 0 Å². The number of hydrogen-bond acceptors (Lipinski definition) is 3. The molecule has 1 aromatic heterocycles. The molecule has 0 bridgehead atoms. The summed E-state index contributed by atoms with van der Waals surface area (Å²) in [5, 5.41) is 8.98. The van der Waals surface area contributed by atoms with E-state index in [4.69, 9.17) is 21.4 Å². The Morgan fingerprint density at radius 3 is 2.82 bits per heavy atom. The van der Waals surface area contributed by atoms with Gasteiger partial charge in [-0.15, -0.1) is 0 Å². The molecule has 0 spiro atoms. The van der Waals surface area contributed by atoms with Gasteiger partial charge >= 0.3 is 0 Å². The summed E-state index contributed by atoms with van der Waals surface area (Å²) < 4.78 is 18.5. The number of pyridine rings is 1. The highest BCUT2D eigenvalue weighted by Gasteiger charge is 2.04. The van der Waals surface area contributed by atoms with E-state index in [9.17, 15) is 4.39 Å². The fourth-order valence-corrected chi connectivity index (χ4v) is 1.38. The molecule has 1 aromatic carbocycles. The van der Waals surface area contributed by atoms with Gasteiger partial charge in [-0.05, 0) is 23.8 Å². The molecule has 17 heavy (non-hydrogen) atoms. The molecule has 1 heterocycles. The quantitative estimate of drug-likeness (QED) is 0.914. The molecular weight excluding hydrogens is 245 g/mol. The van der Waals surface area contributed by atoms with Gasteiger partial charge in [-0.1, -0.05) is 11.6 Å². The summed E-state index contributed by atoms with van der Waals surface area (Å²) in [4.78, 5) is 3.95. The Morgan fingerprint density at radius 2 is 2.12 bits per heavy atom. The minimum absolute atomic E-state index is 0.0365. The SMILES string of the molecule is OCc1ccnc(Oc2ccc(Cl)c(F)c2)c1. The van der Waals surface area contributed by atoms with Crippen LogP contribution in [0.4, 0.5) is 4.39 Å². The maximum atomic E-state index is 13.2. The highest BCUT2D eigenvalue weighted by atomic mass is 35.5. The third-order valence-electron chi connectivity index (χ3n) is 2.10. The molecule has 0 aliphatic rings. The summed E-state index contributed by atoms with van der Waals surface area (Å²) in [6.45, 7) is -0.103. The molecule has 0 amide bonds. The molecule has 2 aromatic rings. The van der Waals surface area contributed by atoms with Gasteiger partial charge in [0, 0.05) is 18.3 Å². The number of aliphatic hydroxyl groups is 1. The predicted molar refractivity (Wildman–Crippen MR) is 61.6 cm³/mol. The zero-order valence-corrected chi connectivity index (χ0v) is 9.49. The molecule has 0 aliphatic heterocycles. The second-order valence-electron chi connectivity index (χ2n) is 3.34. The van der Waals surface area contributed by atoms with E-state index < -0.39 is 5.82 Å². The minimum Gasteiger partial charge on any atom is -0.439 e. The Bertz CT molecular complexity index is 534. The standard InChI is InChI=1S/C12H9ClFNO2/c13-10-2-1-9(6-11(10)14)17-12-5-8(7-16)3-4-15-12/h1-6,16H,7H2. The Hall–Kier alpha value is -1.65. The number of rotatable bonds is 3. The van der Waals surface area contributed by atoms with Crippen LogP contribution in [0.15, 0.2) is 36.5 Å². The van der Waals surface area contributed by atoms with Crippen molar-refractivity contribution in [1.29, 1.82) is 0 Å². The highest BCUT2D eigenvalue weighted by molar-refractivity contribution is 6.30. The zero-order valence-electron chi connectivity index (χ0n) is 8.73. The van der Waals surface area contributed by atoms with Gasteiger partial charge in [0.15, 0.2) is 0 Å². The highest BCUT2D eigenvalue weighted by Crippen LogP contribution is 2.24. The number of ether oxygens (including phenoxy) is 1. The number of benzene rings is 1. The van der Waals surface area contributed by atoms with E-state index in [1.807, 2.05) is 0 Å². The van der Waals surface area contributed by atoms with E-state index in [0.717, 1.165) is 0 Å². The van der Waals surface area contributed by atoms with Gasteiger partial charge in [-0.2, -0.15) is 0 Å². The number of halogens is 2. The molecular formula is C12H9ClFNO2. The smallest absolute Gasteiger partial charge is 0.219 e. The summed E-state index contributed by atoms with van der Waals surface area (Å²) >= 11 is 5.55. The van der Waals surface area contributed by atoms with Gasteiger partial charge in [-0.25, -0.2) is 9.37 Å². The van der Waals surface area contributed by atoms with Crippen molar-refractivity contribution in [2.24, 2.45) is 0 Å². The van der Waals surface area contributed by atoms with Gasteiger partial charge < -0.3 is 9.84 Å². The lowest BCUT2D eigenvalue weighted by Gasteiger charge is -2.06. The monoisotopic (exact) mass is 253 g/mol. The van der Waals surface area contributed by atoms with Crippen LogP contribution in [0.25, 0.3) is 0 Å². The molecule has 0 saturated heterocycles. The van der Waals surface area contributed by atoms with Crippen LogP contribution in [0.5, 0.6) is 11.6 Å². The molecule has 2 rings (SSSR count). The Kier molecular flexibility index (Phi) is 3.56. The van der Waals surface area contributed by atoms with Gasteiger partial charge in [0.25, 0.3) is 0 Å². The van der Waals surface area contributed by atoms with Crippen LogP contribution in [0.3, 0.4) is 0 Å². The van der Waals surface area contributed by atoms with Crippen LogP contribution in [-0.2, 0) is 6.61 Å². The average molecular weight is 254 g/mol. The van der Waals surface area contributed by atoms with Crippen molar-refractivity contribution in [3.05, 3.63) is 52.9 Å². The molecule has 0 saturated carbocycles. The summed E-state index contributed by atoms with van der Waals surface area (Å²) in [5.41, 5.74) is 0.671. The fraction of sp³-hybridized carbons (Fsp3) is 0.0833. The molecule has 88 valence electrons. The number of nitrogens with zero attached hydrogens (tertiary/aromatic N) is 1. The number of aliphatic hydroxyl groups excluding tert-OH is 1. The largest absolute Gasteiger partial charge is 0.439 e. The van der Waals surface area contributed by atoms with Crippen LogP contribution in [0, 0.1) is 5.82 Å². The molecule has 5 heteroatoms. The van der Waals surface area contributed by atoms with Crippen molar-refractivity contribution in [2.75, 3.05) is 0 Å². The van der Waals surface area contributed by atoms with E-state index in [2.05, 4.69) is 4.98 Å². The second kappa shape index (κ2) is 5.12. The van der Waals surface area contributed by atoms with E-state index in [1.165, 1.54) is 18.3 Å². The van der Waals surface area contributed by atoms with Crippen LogP contribution in [-0.4, -0.2) is 10.1 Å². The number of aromatic nitrogens is 1. The lowest BCUT2D eigenvalue weighted by atomic mass is 10.3. The predicted octanol–water partition coefficient (Wildman–Crippen LogP) is 3.16. The Morgan fingerprint density at radius 1 is 1.29 bits per heavy atom.